The number of carbonyl (C=O) groups is 2. The molecule has 2 aromatic rings. The van der Waals surface area contributed by atoms with Crippen molar-refractivity contribution in [3.05, 3.63) is 58.3 Å². The lowest BCUT2D eigenvalue weighted by atomic mass is 10.0. The lowest BCUT2D eigenvalue weighted by Gasteiger charge is -2.23. The minimum Gasteiger partial charge on any atom is -0.335 e. The van der Waals surface area contributed by atoms with Gasteiger partial charge in [-0.3, -0.25) is 9.59 Å². The molecule has 1 aliphatic rings. The van der Waals surface area contributed by atoms with Crippen molar-refractivity contribution in [3.8, 4) is 0 Å². The molecule has 1 fully saturated rings. The highest BCUT2D eigenvalue weighted by Gasteiger charge is 2.31. The Hall–Kier alpha value is -1.94. The van der Waals surface area contributed by atoms with E-state index in [2.05, 4.69) is 0 Å². The van der Waals surface area contributed by atoms with Gasteiger partial charge in [0, 0.05) is 24.6 Å². The fraction of sp³-hybridized carbons (Fsp3) is 0.294. The highest BCUT2D eigenvalue weighted by Crippen LogP contribution is 2.25. The standard InChI is InChI=1S/C17H17NO2S/c19-15(13-6-2-1-3-7-13)12-14-8-4-10-18(14)17(20)16-9-5-11-21-16/h1-3,5-7,9,11,14H,4,8,10,12H2/t14-/m1/s1. The van der Waals surface area contributed by atoms with Gasteiger partial charge in [-0.1, -0.05) is 36.4 Å². The third-order valence-corrected chi connectivity index (χ3v) is 4.74. The van der Waals surface area contributed by atoms with Crippen molar-refractivity contribution in [2.45, 2.75) is 25.3 Å². The fourth-order valence-corrected chi connectivity index (χ4v) is 3.49. The van der Waals surface area contributed by atoms with Crippen LogP contribution < -0.4 is 0 Å². The SMILES string of the molecule is O=C(C[C@H]1CCCN1C(=O)c1cccs1)c1ccccc1. The van der Waals surface area contributed by atoms with Crippen LogP contribution in [0.5, 0.6) is 0 Å². The van der Waals surface area contributed by atoms with Crippen LogP contribution in [0.15, 0.2) is 47.8 Å². The number of hydrogen-bond donors (Lipinski definition) is 0. The molecule has 1 aromatic heterocycles. The molecule has 0 unspecified atom stereocenters. The summed E-state index contributed by atoms with van der Waals surface area (Å²) in [5.74, 6) is 0.180. The molecule has 1 amide bonds. The molecule has 1 saturated heterocycles. The maximum atomic E-state index is 12.5. The van der Waals surface area contributed by atoms with Crippen molar-refractivity contribution >= 4 is 23.0 Å². The lowest BCUT2D eigenvalue weighted by Crippen LogP contribution is -2.36. The molecule has 0 saturated carbocycles. The largest absolute Gasteiger partial charge is 0.335 e. The number of hydrogen-bond acceptors (Lipinski definition) is 3. The maximum absolute atomic E-state index is 12.5. The highest BCUT2D eigenvalue weighted by molar-refractivity contribution is 7.12. The summed E-state index contributed by atoms with van der Waals surface area (Å²) >= 11 is 1.46. The van der Waals surface area contributed by atoms with E-state index in [1.165, 1.54) is 11.3 Å². The van der Waals surface area contributed by atoms with Gasteiger partial charge in [0.25, 0.3) is 5.91 Å². The number of Topliss-reactive ketones (excluding diaryl/α,β-unsaturated/α-hetero) is 1. The average molecular weight is 299 g/mol. The molecule has 0 bridgehead atoms. The summed E-state index contributed by atoms with van der Waals surface area (Å²) in [6.07, 6.45) is 2.31. The second-order valence-electron chi connectivity index (χ2n) is 5.27. The van der Waals surface area contributed by atoms with Crippen molar-refractivity contribution in [3.63, 3.8) is 0 Å². The van der Waals surface area contributed by atoms with E-state index < -0.39 is 0 Å². The number of likely N-dealkylation sites (tertiary alicyclic amines) is 1. The monoisotopic (exact) mass is 299 g/mol. The minimum atomic E-state index is 0.0345. The molecule has 0 aliphatic carbocycles. The number of benzene rings is 1. The van der Waals surface area contributed by atoms with E-state index in [1.807, 2.05) is 52.7 Å². The zero-order valence-electron chi connectivity index (χ0n) is 11.7. The van der Waals surface area contributed by atoms with E-state index >= 15 is 0 Å². The predicted molar refractivity (Wildman–Crippen MR) is 83.8 cm³/mol. The van der Waals surface area contributed by atoms with E-state index in [0.717, 1.165) is 29.8 Å². The zero-order valence-corrected chi connectivity index (χ0v) is 12.5. The van der Waals surface area contributed by atoms with E-state index in [-0.39, 0.29) is 17.7 Å². The normalized spacial score (nSPS) is 17.9. The summed E-state index contributed by atoms with van der Waals surface area (Å²) in [4.78, 5) is 27.4. The summed E-state index contributed by atoms with van der Waals surface area (Å²) in [7, 11) is 0. The first-order valence-corrected chi connectivity index (χ1v) is 8.06. The third kappa shape index (κ3) is 3.05. The van der Waals surface area contributed by atoms with Gasteiger partial charge in [-0.25, -0.2) is 0 Å². The Morgan fingerprint density at radius 1 is 1.14 bits per heavy atom. The summed E-state index contributed by atoms with van der Waals surface area (Å²) in [5.41, 5.74) is 0.730. The first kappa shape index (κ1) is 14.0. The number of ketones is 1. The van der Waals surface area contributed by atoms with Crippen molar-refractivity contribution in [2.24, 2.45) is 0 Å². The van der Waals surface area contributed by atoms with Gasteiger partial charge in [0.05, 0.1) is 4.88 Å². The Balaban J connectivity index is 1.70. The van der Waals surface area contributed by atoms with Gasteiger partial charge in [0.2, 0.25) is 0 Å². The van der Waals surface area contributed by atoms with Crippen LogP contribution in [0.25, 0.3) is 0 Å². The molecular formula is C17H17NO2S. The van der Waals surface area contributed by atoms with Gasteiger partial charge >= 0.3 is 0 Å². The molecule has 108 valence electrons. The van der Waals surface area contributed by atoms with E-state index in [9.17, 15) is 9.59 Å². The van der Waals surface area contributed by atoms with Gasteiger partial charge in [-0.15, -0.1) is 11.3 Å². The van der Waals surface area contributed by atoms with Crippen LogP contribution in [0.2, 0.25) is 0 Å². The Bertz CT molecular complexity index is 622. The van der Waals surface area contributed by atoms with Crippen LogP contribution in [-0.2, 0) is 0 Å². The zero-order chi connectivity index (χ0) is 14.7. The number of rotatable bonds is 4. The quantitative estimate of drug-likeness (QED) is 0.809. The first-order valence-electron chi connectivity index (χ1n) is 7.18. The number of carbonyl (C=O) groups excluding carboxylic acids is 2. The minimum absolute atomic E-state index is 0.0345. The van der Waals surface area contributed by atoms with Crippen LogP contribution in [-0.4, -0.2) is 29.2 Å². The molecule has 0 radical (unpaired) electrons. The molecule has 1 atom stereocenters. The van der Waals surface area contributed by atoms with Crippen LogP contribution in [0.3, 0.4) is 0 Å². The van der Waals surface area contributed by atoms with Gasteiger partial charge in [-0.2, -0.15) is 0 Å². The van der Waals surface area contributed by atoms with Crippen molar-refractivity contribution in [1.82, 2.24) is 4.90 Å². The van der Waals surface area contributed by atoms with Gasteiger partial charge in [0.15, 0.2) is 5.78 Å². The Morgan fingerprint density at radius 3 is 2.67 bits per heavy atom. The molecule has 0 spiro atoms. The van der Waals surface area contributed by atoms with Crippen LogP contribution in [0, 0.1) is 0 Å². The number of thiophene rings is 1. The number of amides is 1. The second kappa shape index (κ2) is 6.22. The van der Waals surface area contributed by atoms with Crippen molar-refractivity contribution in [2.75, 3.05) is 6.54 Å². The molecule has 4 heteroatoms. The molecule has 2 heterocycles. The Morgan fingerprint density at radius 2 is 1.95 bits per heavy atom. The predicted octanol–water partition coefficient (Wildman–Crippen LogP) is 3.63. The van der Waals surface area contributed by atoms with Crippen LogP contribution in [0.1, 0.15) is 39.3 Å². The van der Waals surface area contributed by atoms with Gasteiger partial charge in [0.1, 0.15) is 0 Å². The van der Waals surface area contributed by atoms with E-state index in [0.29, 0.717) is 6.42 Å². The molecule has 1 aromatic carbocycles. The fourth-order valence-electron chi connectivity index (χ4n) is 2.81. The molecule has 3 rings (SSSR count). The second-order valence-corrected chi connectivity index (χ2v) is 6.21. The van der Waals surface area contributed by atoms with Crippen molar-refractivity contribution in [1.29, 1.82) is 0 Å². The number of nitrogens with zero attached hydrogens (tertiary/aromatic N) is 1. The van der Waals surface area contributed by atoms with Crippen molar-refractivity contribution < 1.29 is 9.59 Å². The van der Waals surface area contributed by atoms with E-state index in [1.54, 1.807) is 0 Å². The van der Waals surface area contributed by atoms with Gasteiger partial charge < -0.3 is 4.90 Å². The Labute approximate surface area is 128 Å². The summed E-state index contributed by atoms with van der Waals surface area (Å²) in [5, 5.41) is 1.91. The summed E-state index contributed by atoms with van der Waals surface area (Å²) in [6, 6.07) is 13.1. The highest BCUT2D eigenvalue weighted by atomic mass is 32.1. The van der Waals surface area contributed by atoms with Crippen LogP contribution >= 0.6 is 11.3 Å². The van der Waals surface area contributed by atoms with E-state index in [4.69, 9.17) is 0 Å². The summed E-state index contributed by atoms with van der Waals surface area (Å²) < 4.78 is 0. The third-order valence-electron chi connectivity index (χ3n) is 3.89. The lowest BCUT2D eigenvalue weighted by molar-refractivity contribution is 0.0721. The Kier molecular flexibility index (Phi) is 4.15. The van der Waals surface area contributed by atoms with Gasteiger partial charge in [-0.05, 0) is 24.3 Å². The summed E-state index contributed by atoms with van der Waals surface area (Å²) in [6.45, 7) is 0.753. The molecular weight excluding hydrogens is 282 g/mol. The van der Waals surface area contributed by atoms with Crippen LogP contribution in [0.4, 0.5) is 0 Å². The molecule has 1 aliphatic heterocycles. The molecule has 21 heavy (non-hydrogen) atoms. The molecule has 3 nitrogen and oxygen atoms in total. The maximum Gasteiger partial charge on any atom is 0.264 e. The smallest absolute Gasteiger partial charge is 0.264 e. The molecule has 0 N–H and O–H groups in total. The first-order chi connectivity index (χ1) is 10.3. The topological polar surface area (TPSA) is 37.4 Å². The average Bonchev–Trinajstić information content (AvgIpc) is 3.19.